The van der Waals surface area contributed by atoms with E-state index in [1.54, 1.807) is 22.0 Å². The molecule has 1 amide bonds. The molecular weight excluding hydrogens is 308 g/mol. The van der Waals surface area contributed by atoms with Gasteiger partial charge in [0.1, 0.15) is 23.3 Å². The average Bonchev–Trinajstić information content (AvgIpc) is 3.05. The first-order valence-electron chi connectivity index (χ1n) is 7.82. The summed E-state index contributed by atoms with van der Waals surface area (Å²) in [7, 11) is 0. The number of rotatable bonds is 0. The van der Waals surface area contributed by atoms with Crippen LogP contribution in [0.15, 0.2) is 23.1 Å². The van der Waals surface area contributed by atoms with Gasteiger partial charge in [-0.2, -0.15) is 5.10 Å². The maximum absolute atomic E-state index is 12.4. The van der Waals surface area contributed by atoms with Crippen molar-refractivity contribution >= 4 is 18.4 Å². The first kappa shape index (κ1) is 14.7. The molecule has 0 saturated heterocycles. The normalized spacial score (nSPS) is 15.5. The van der Waals surface area contributed by atoms with Gasteiger partial charge < -0.3 is 9.26 Å². The van der Waals surface area contributed by atoms with Crippen molar-refractivity contribution in [1.29, 1.82) is 0 Å². The van der Waals surface area contributed by atoms with Gasteiger partial charge in [-0.3, -0.25) is 4.90 Å². The monoisotopic (exact) mass is 326 g/mol. The number of amides is 1. The van der Waals surface area contributed by atoms with E-state index < -0.39 is 5.60 Å². The molecule has 0 saturated carbocycles. The zero-order valence-corrected chi connectivity index (χ0v) is 13.8. The summed E-state index contributed by atoms with van der Waals surface area (Å²) in [6, 6.07) is 0. The van der Waals surface area contributed by atoms with Crippen molar-refractivity contribution < 1.29 is 14.1 Å². The van der Waals surface area contributed by atoms with E-state index >= 15 is 0 Å². The van der Waals surface area contributed by atoms with Crippen LogP contribution in [0.3, 0.4) is 0 Å². The molecule has 0 aromatic carbocycles. The predicted molar refractivity (Wildman–Crippen MR) is 87.6 cm³/mol. The van der Waals surface area contributed by atoms with Gasteiger partial charge in [-0.1, -0.05) is 11.2 Å². The Bertz CT molecular complexity index is 867. The zero-order chi connectivity index (χ0) is 16.9. The number of ether oxygens (including phenoxy) is 1. The SMILES string of the molecule is CC(C)(C)OC(=O)N1C=Cc2nn3c(c2C1)-c1nocc1CC=C3. The highest BCUT2D eigenvalue weighted by atomic mass is 16.6. The third-order valence-electron chi connectivity index (χ3n) is 3.86. The minimum Gasteiger partial charge on any atom is -0.443 e. The molecule has 2 aliphatic rings. The minimum absolute atomic E-state index is 0.381. The number of carbonyl (C=O) groups is 1. The van der Waals surface area contributed by atoms with Gasteiger partial charge in [0, 0.05) is 23.5 Å². The highest BCUT2D eigenvalue weighted by Gasteiger charge is 2.30. The first-order chi connectivity index (χ1) is 11.4. The van der Waals surface area contributed by atoms with Crippen LogP contribution >= 0.6 is 0 Å². The Morgan fingerprint density at radius 2 is 2.17 bits per heavy atom. The summed E-state index contributed by atoms with van der Waals surface area (Å²) in [4.78, 5) is 13.9. The fourth-order valence-electron chi connectivity index (χ4n) is 2.84. The number of fused-ring (bicyclic) bond motifs is 5. The lowest BCUT2D eigenvalue weighted by molar-refractivity contribution is 0.0322. The minimum atomic E-state index is -0.539. The molecule has 124 valence electrons. The quantitative estimate of drug-likeness (QED) is 0.743. The number of hydrogen-bond acceptors (Lipinski definition) is 5. The van der Waals surface area contributed by atoms with Crippen molar-refractivity contribution in [1.82, 2.24) is 19.8 Å². The number of hydrogen-bond donors (Lipinski definition) is 0. The third-order valence-corrected chi connectivity index (χ3v) is 3.86. The van der Waals surface area contributed by atoms with Crippen LogP contribution in [0.1, 0.15) is 37.6 Å². The maximum atomic E-state index is 12.4. The molecule has 0 radical (unpaired) electrons. The second kappa shape index (κ2) is 5.09. The summed E-state index contributed by atoms with van der Waals surface area (Å²) in [6.45, 7) is 5.93. The van der Waals surface area contributed by atoms with Crippen molar-refractivity contribution in [3.05, 3.63) is 35.4 Å². The Hall–Kier alpha value is -2.83. The highest BCUT2D eigenvalue weighted by Crippen LogP contribution is 2.34. The summed E-state index contributed by atoms with van der Waals surface area (Å²) < 4.78 is 12.4. The number of aromatic nitrogens is 3. The molecule has 0 unspecified atom stereocenters. The van der Waals surface area contributed by atoms with E-state index in [1.807, 2.05) is 39.1 Å². The van der Waals surface area contributed by atoms with E-state index in [0.29, 0.717) is 6.54 Å². The molecule has 0 atom stereocenters. The third kappa shape index (κ3) is 2.42. The van der Waals surface area contributed by atoms with E-state index in [-0.39, 0.29) is 6.09 Å². The molecule has 24 heavy (non-hydrogen) atoms. The number of carbonyl (C=O) groups excluding carboxylic acids is 1. The summed E-state index contributed by atoms with van der Waals surface area (Å²) in [6.07, 6.45) is 9.46. The van der Waals surface area contributed by atoms with Crippen LogP contribution in [-0.2, 0) is 17.7 Å². The molecule has 2 aliphatic heterocycles. The molecule has 2 aromatic heterocycles. The molecule has 0 spiro atoms. The van der Waals surface area contributed by atoms with Gasteiger partial charge in [0.25, 0.3) is 0 Å². The Balaban J connectivity index is 1.72. The fraction of sp³-hybridized carbons (Fsp3) is 0.353. The van der Waals surface area contributed by atoms with Crippen LogP contribution in [-0.4, -0.2) is 31.5 Å². The van der Waals surface area contributed by atoms with Gasteiger partial charge in [-0.15, -0.1) is 0 Å². The van der Waals surface area contributed by atoms with Gasteiger partial charge in [-0.25, -0.2) is 9.48 Å². The molecule has 7 heteroatoms. The van der Waals surface area contributed by atoms with Gasteiger partial charge >= 0.3 is 6.09 Å². The van der Waals surface area contributed by atoms with Crippen LogP contribution in [0.2, 0.25) is 0 Å². The molecule has 2 aromatic rings. The predicted octanol–water partition coefficient (Wildman–Crippen LogP) is 3.29. The highest BCUT2D eigenvalue weighted by molar-refractivity contribution is 5.77. The maximum Gasteiger partial charge on any atom is 0.414 e. The average molecular weight is 326 g/mol. The molecular formula is C17H18N4O3. The number of allylic oxidation sites excluding steroid dienone is 1. The van der Waals surface area contributed by atoms with E-state index in [0.717, 1.165) is 34.6 Å². The second-order valence-corrected chi connectivity index (χ2v) is 6.86. The van der Waals surface area contributed by atoms with E-state index in [9.17, 15) is 4.79 Å². The summed E-state index contributed by atoms with van der Waals surface area (Å²) in [5.41, 5.74) is 3.86. The van der Waals surface area contributed by atoms with Gasteiger partial charge in [-0.05, 0) is 33.3 Å². The Morgan fingerprint density at radius 1 is 1.33 bits per heavy atom. The van der Waals surface area contributed by atoms with Crippen molar-refractivity contribution in [2.24, 2.45) is 0 Å². The van der Waals surface area contributed by atoms with Crippen molar-refractivity contribution in [3.8, 4) is 11.4 Å². The standard InChI is InChI=1S/C17H18N4O3/c1-17(2,3)24-16(22)20-8-6-13-12(9-20)15-14-11(10-23-19-14)5-4-7-21(15)18-13/h4,6-8,10H,5,9H2,1-3H3. The molecule has 0 N–H and O–H groups in total. The smallest absolute Gasteiger partial charge is 0.414 e. The van der Waals surface area contributed by atoms with E-state index in [2.05, 4.69) is 10.3 Å². The largest absolute Gasteiger partial charge is 0.443 e. The first-order valence-corrected chi connectivity index (χ1v) is 7.82. The van der Waals surface area contributed by atoms with E-state index in [4.69, 9.17) is 9.26 Å². The van der Waals surface area contributed by atoms with Crippen molar-refractivity contribution in [3.63, 3.8) is 0 Å². The van der Waals surface area contributed by atoms with Crippen LogP contribution in [0, 0.1) is 0 Å². The Kier molecular flexibility index (Phi) is 3.13. The molecule has 0 aliphatic carbocycles. The lowest BCUT2D eigenvalue weighted by Crippen LogP contribution is -2.34. The van der Waals surface area contributed by atoms with Gasteiger partial charge in [0.15, 0.2) is 0 Å². The second-order valence-electron chi connectivity index (χ2n) is 6.86. The Morgan fingerprint density at radius 3 is 2.96 bits per heavy atom. The van der Waals surface area contributed by atoms with Crippen LogP contribution in [0.4, 0.5) is 4.79 Å². The van der Waals surface area contributed by atoms with Crippen molar-refractivity contribution in [2.75, 3.05) is 0 Å². The lowest BCUT2D eigenvalue weighted by atomic mass is 10.0. The van der Waals surface area contributed by atoms with Crippen LogP contribution in [0.5, 0.6) is 0 Å². The van der Waals surface area contributed by atoms with Gasteiger partial charge in [0.2, 0.25) is 0 Å². The fourth-order valence-corrected chi connectivity index (χ4v) is 2.84. The van der Waals surface area contributed by atoms with Crippen molar-refractivity contribution in [2.45, 2.75) is 39.3 Å². The molecule has 4 rings (SSSR count). The van der Waals surface area contributed by atoms with Crippen LogP contribution in [0.25, 0.3) is 23.7 Å². The lowest BCUT2D eigenvalue weighted by Gasteiger charge is -2.26. The summed E-state index contributed by atoms with van der Waals surface area (Å²) >= 11 is 0. The van der Waals surface area contributed by atoms with Gasteiger partial charge in [0.05, 0.1) is 12.2 Å². The molecule has 4 heterocycles. The zero-order valence-electron chi connectivity index (χ0n) is 13.8. The number of nitrogens with zero attached hydrogens (tertiary/aromatic N) is 4. The summed E-state index contributed by atoms with van der Waals surface area (Å²) in [5, 5.41) is 8.71. The van der Waals surface area contributed by atoms with E-state index in [1.165, 1.54) is 0 Å². The summed E-state index contributed by atoms with van der Waals surface area (Å²) in [5.74, 6) is 0. The molecule has 0 bridgehead atoms. The molecule has 0 fully saturated rings. The topological polar surface area (TPSA) is 73.4 Å². The molecule has 7 nitrogen and oxygen atoms in total. The van der Waals surface area contributed by atoms with Crippen LogP contribution < -0.4 is 0 Å². The Labute approximate surface area is 139 Å².